The number of aryl methyl sites for hydroxylation is 4. The van der Waals surface area contributed by atoms with E-state index in [2.05, 4.69) is 40.5 Å². The number of rotatable bonds is 9. The number of anilines is 2. The molecule has 0 aliphatic carbocycles. The van der Waals surface area contributed by atoms with Crippen molar-refractivity contribution in [2.75, 3.05) is 36.5 Å². The van der Waals surface area contributed by atoms with Crippen LogP contribution in [-0.2, 0) is 0 Å². The average molecular weight is 495 g/mol. The minimum atomic E-state index is -0.0435. The van der Waals surface area contributed by atoms with E-state index in [9.17, 15) is 0 Å². The second-order valence-corrected chi connectivity index (χ2v) is 9.31. The monoisotopic (exact) mass is 494 g/mol. The van der Waals surface area contributed by atoms with Gasteiger partial charge in [-0.15, -0.1) is 11.8 Å². The van der Waals surface area contributed by atoms with Gasteiger partial charge < -0.3 is 15.5 Å². The number of likely N-dealkylation sites (N-methyl/N-ethyl adjacent to an activating group) is 1. The summed E-state index contributed by atoms with van der Waals surface area (Å²) in [5, 5.41) is 8.92. The van der Waals surface area contributed by atoms with Crippen LogP contribution < -0.4 is 10.6 Å². The molecule has 0 bridgehead atoms. The molecule has 1 atom stereocenters. The van der Waals surface area contributed by atoms with E-state index in [4.69, 9.17) is 23.2 Å². The molecule has 1 unspecified atom stereocenters. The Hall–Kier alpha value is -2.10. The van der Waals surface area contributed by atoms with E-state index < -0.39 is 0 Å². The molecule has 0 saturated heterocycles. The maximum atomic E-state index is 6.34. The predicted octanol–water partition coefficient (Wildman–Crippen LogP) is 4.64. The summed E-state index contributed by atoms with van der Waals surface area (Å²) in [7, 11) is 2.05. The van der Waals surface area contributed by atoms with Crippen LogP contribution in [0.4, 0.5) is 11.6 Å². The number of thioether (sulfide) groups is 1. The molecule has 3 heterocycles. The summed E-state index contributed by atoms with van der Waals surface area (Å²) in [5.41, 5.74) is 1.55. The normalized spacial score (nSPS) is 15.7. The molecular weight excluding hydrogens is 467 g/mol. The zero-order valence-electron chi connectivity index (χ0n) is 18.9. The van der Waals surface area contributed by atoms with Gasteiger partial charge in [0.15, 0.2) is 0 Å². The molecule has 3 rings (SSSR count). The van der Waals surface area contributed by atoms with E-state index >= 15 is 0 Å². The van der Waals surface area contributed by atoms with Crippen LogP contribution in [0.1, 0.15) is 29.5 Å². The lowest BCUT2D eigenvalue weighted by molar-refractivity contribution is 0.341. The summed E-state index contributed by atoms with van der Waals surface area (Å²) in [4.78, 5) is 24.1. The van der Waals surface area contributed by atoms with Crippen LogP contribution in [-0.4, -0.2) is 63.1 Å². The number of allylic oxidation sites excluding steroid dienone is 1. The standard InChI is InChI=1S/C21H28Cl2N8S/c1-12-18(22)20(29-14(3)27-12)25-8-6-10-32-17-7-9-24-16(31(17)5)11-26-21-19(23)13(2)28-15(4)30-21/h7,9,16H,6,8,10-11H2,1-5H3,(H,25,27,29)(H,26,28,30). The van der Waals surface area contributed by atoms with Gasteiger partial charge >= 0.3 is 0 Å². The van der Waals surface area contributed by atoms with Gasteiger partial charge in [-0.05, 0) is 40.2 Å². The van der Waals surface area contributed by atoms with E-state index in [1.165, 1.54) is 5.03 Å². The molecule has 1 aliphatic heterocycles. The Morgan fingerprint density at radius 3 is 2.16 bits per heavy atom. The number of aliphatic imine (C=N–C) groups is 1. The first-order valence-electron chi connectivity index (χ1n) is 10.3. The summed E-state index contributed by atoms with van der Waals surface area (Å²) in [6.07, 6.45) is 4.81. The van der Waals surface area contributed by atoms with Gasteiger partial charge in [0.25, 0.3) is 0 Å². The van der Waals surface area contributed by atoms with Crippen molar-refractivity contribution in [2.24, 2.45) is 4.99 Å². The Kier molecular flexibility index (Phi) is 8.56. The van der Waals surface area contributed by atoms with Gasteiger partial charge in [-0.25, -0.2) is 19.9 Å². The molecule has 2 aromatic rings. The van der Waals surface area contributed by atoms with Crippen LogP contribution >= 0.6 is 35.0 Å². The molecular formula is C21H28Cl2N8S. The highest BCUT2D eigenvalue weighted by Crippen LogP contribution is 2.27. The maximum Gasteiger partial charge on any atom is 0.148 e. The summed E-state index contributed by atoms with van der Waals surface area (Å²) < 4.78 is 0. The van der Waals surface area contributed by atoms with Gasteiger partial charge in [0.1, 0.15) is 39.5 Å². The van der Waals surface area contributed by atoms with Gasteiger partial charge in [0, 0.05) is 25.6 Å². The highest BCUT2D eigenvalue weighted by molar-refractivity contribution is 8.03. The molecule has 172 valence electrons. The molecule has 0 radical (unpaired) electrons. The molecule has 1 aliphatic rings. The van der Waals surface area contributed by atoms with Gasteiger partial charge in [-0.2, -0.15) is 0 Å². The molecule has 0 saturated carbocycles. The van der Waals surface area contributed by atoms with E-state index in [-0.39, 0.29) is 6.17 Å². The fraction of sp³-hybridized carbons (Fsp3) is 0.476. The van der Waals surface area contributed by atoms with Crippen molar-refractivity contribution in [3.63, 3.8) is 0 Å². The Labute approximate surface area is 203 Å². The Morgan fingerprint density at radius 2 is 1.53 bits per heavy atom. The van der Waals surface area contributed by atoms with Crippen LogP contribution in [0, 0.1) is 27.7 Å². The lowest BCUT2D eigenvalue weighted by Gasteiger charge is -2.31. The topological polar surface area (TPSA) is 91.2 Å². The van der Waals surface area contributed by atoms with Crippen LogP contribution in [0.25, 0.3) is 0 Å². The third kappa shape index (κ3) is 6.24. The second-order valence-electron chi connectivity index (χ2n) is 7.44. The van der Waals surface area contributed by atoms with E-state index in [1.54, 1.807) is 11.8 Å². The molecule has 11 heteroatoms. The van der Waals surface area contributed by atoms with Gasteiger partial charge in [-0.1, -0.05) is 23.2 Å². The lowest BCUT2D eigenvalue weighted by atomic mass is 10.3. The van der Waals surface area contributed by atoms with E-state index in [0.717, 1.165) is 30.1 Å². The molecule has 2 aromatic heterocycles. The van der Waals surface area contributed by atoms with Crippen molar-refractivity contribution in [2.45, 2.75) is 40.3 Å². The molecule has 0 aromatic carbocycles. The van der Waals surface area contributed by atoms with E-state index in [1.807, 2.05) is 47.0 Å². The van der Waals surface area contributed by atoms with Crippen LogP contribution in [0.2, 0.25) is 10.0 Å². The lowest BCUT2D eigenvalue weighted by Crippen LogP contribution is -2.36. The Bertz CT molecular complexity index is 1030. The minimum Gasteiger partial charge on any atom is -0.369 e. The quantitative estimate of drug-likeness (QED) is 0.487. The zero-order valence-corrected chi connectivity index (χ0v) is 21.2. The van der Waals surface area contributed by atoms with Crippen molar-refractivity contribution in [3.05, 3.63) is 44.2 Å². The largest absolute Gasteiger partial charge is 0.369 e. The number of halogens is 2. The third-order valence-electron chi connectivity index (χ3n) is 4.84. The third-order valence-corrected chi connectivity index (χ3v) is 6.96. The molecule has 0 spiro atoms. The van der Waals surface area contributed by atoms with Crippen molar-refractivity contribution < 1.29 is 0 Å². The van der Waals surface area contributed by atoms with Crippen LogP contribution in [0.3, 0.4) is 0 Å². The molecule has 32 heavy (non-hydrogen) atoms. The fourth-order valence-corrected chi connectivity index (χ4v) is 4.47. The van der Waals surface area contributed by atoms with Gasteiger partial charge in [-0.3, -0.25) is 4.99 Å². The molecule has 8 nitrogen and oxygen atoms in total. The fourth-order valence-electron chi connectivity index (χ4n) is 3.19. The van der Waals surface area contributed by atoms with Crippen molar-refractivity contribution in [3.8, 4) is 0 Å². The van der Waals surface area contributed by atoms with Crippen molar-refractivity contribution in [1.29, 1.82) is 0 Å². The number of nitrogens with one attached hydrogen (secondary N) is 2. The van der Waals surface area contributed by atoms with Gasteiger partial charge in [0.2, 0.25) is 0 Å². The van der Waals surface area contributed by atoms with Crippen molar-refractivity contribution in [1.82, 2.24) is 24.8 Å². The summed E-state index contributed by atoms with van der Waals surface area (Å²) in [6.45, 7) is 8.85. The predicted molar refractivity (Wildman–Crippen MR) is 135 cm³/mol. The second kappa shape index (κ2) is 11.2. The van der Waals surface area contributed by atoms with Crippen LogP contribution in [0.15, 0.2) is 16.1 Å². The summed E-state index contributed by atoms with van der Waals surface area (Å²) in [5.74, 6) is 3.69. The Balaban J connectivity index is 1.46. The highest BCUT2D eigenvalue weighted by atomic mass is 35.5. The number of hydrogen-bond acceptors (Lipinski definition) is 9. The first-order chi connectivity index (χ1) is 15.3. The SMILES string of the molecule is Cc1nc(C)c(Cl)c(NCCCSC2=CC=NC(CNc3nc(C)nc(C)c3Cl)N2C)n1. The number of hydrogen-bond donors (Lipinski definition) is 2. The smallest absolute Gasteiger partial charge is 0.148 e. The minimum absolute atomic E-state index is 0.0435. The molecule has 2 N–H and O–H groups in total. The first kappa shape index (κ1) is 24.5. The average Bonchev–Trinajstić information content (AvgIpc) is 2.74. The zero-order chi connectivity index (χ0) is 23.3. The summed E-state index contributed by atoms with van der Waals surface area (Å²) >= 11 is 14.4. The molecule has 0 fully saturated rings. The summed E-state index contributed by atoms with van der Waals surface area (Å²) in [6, 6.07) is 0. The number of nitrogens with zero attached hydrogens (tertiary/aromatic N) is 6. The van der Waals surface area contributed by atoms with Crippen LogP contribution in [0.5, 0.6) is 0 Å². The van der Waals surface area contributed by atoms with E-state index in [0.29, 0.717) is 39.9 Å². The Morgan fingerprint density at radius 1 is 0.938 bits per heavy atom. The van der Waals surface area contributed by atoms with Crippen molar-refractivity contribution >= 4 is 52.8 Å². The van der Waals surface area contributed by atoms with Gasteiger partial charge in [0.05, 0.1) is 23.0 Å². The molecule has 0 amide bonds. The highest BCUT2D eigenvalue weighted by Gasteiger charge is 2.20. The first-order valence-corrected chi connectivity index (χ1v) is 12.1. The number of aromatic nitrogens is 4. The maximum absolute atomic E-state index is 6.34.